The summed E-state index contributed by atoms with van der Waals surface area (Å²) in [4.78, 5) is 18.4. The fourth-order valence-corrected chi connectivity index (χ4v) is 2.61. The number of aryl methyl sites for hydroxylation is 1. The Hall–Kier alpha value is -1.82. The van der Waals surface area contributed by atoms with Crippen LogP contribution in [0.4, 0.5) is 14.5 Å². The summed E-state index contributed by atoms with van der Waals surface area (Å²) in [7, 11) is 0. The zero-order valence-electron chi connectivity index (χ0n) is 11.2. The number of hydrogen-bond donors (Lipinski definition) is 0. The fraction of sp³-hybridized carbons (Fsp3) is 0.286. The van der Waals surface area contributed by atoms with Crippen molar-refractivity contribution in [1.82, 2.24) is 4.98 Å². The van der Waals surface area contributed by atoms with Gasteiger partial charge >= 0.3 is 0 Å². The second kappa shape index (κ2) is 6.09. The van der Waals surface area contributed by atoms with Crippen molar-refractivity contribution in [3.63, 3.8) is 0 Å². The first-order valence-electron chi connectivity index (χ1n) is 6.28. The highest BCUT2D eigenvalue weighted by atomic mass is 32.1. The van der Waals surface area contributed by atoms with Crippen LogP contribution in [0.25, 0.3) is 0 Å². The molecule has 0 aliphatic heterocycles. The number of carbonyl (C=O) groups excluding carboxylic acids is 1. The summed E-state index contributed by atoms with van der Waals surface area (Å²) >= 11 is 1.32. The second-order valence-electron chi connectivity index (χ2n) is 4.12. The van der Waals surface area contributed by atoms with Crippen molar-refractivity contribution in [2.75, 3.05) is 11.4 Å². The number of rotatable bonds is 4. The molecule has 2 rings (SSSR count). The average molecular weight is 296 g/mol. The molecule has 0 atom stereocenters. The van der Waals surface area contributed by atoms with Gasteiger partial charge in [-0.1, -0.05) is 6.92 Å². The minimum atomic E-state index is -0.965. The average Bonchev–Trinajstić information content (AvgIpc) is 2.92. The molecule has 0 aliphatic carbocycles. The van der Waals surface area contributed by atoms with Crippen molar-refractivity contribution in [3.05, 3.63) is 45.9 Å². The minimum Gasteiger partial charge on any atom is -0.308 e. The van der Waals surface area contributed by atoms with E-state index in [9.17, 15) is 13.6 Å². The van der Waals surface area contributed by atoms with E-state index < -0.39 is 11.6 Å². The molecule has 0 unspecified atom stereocenters. The van der Waals surface area contributed by atoms with Crippen molar-refractivity contribution in [2.24, 2.45) is 0 Å². The van der Waals surface area contributed by atoms with Crippen LogP contribution in [-0.2, 0) is 6.42 Å². The van der Waals surface area contributed by atoms with Crippen molar-refractivity contribution < 1.29 is 13.6 Å². The predicted molar refractivity (Wildman–Crippen MR) is 75.2 cm³/mol. The van der Waals surface area contributed by atoms with Crippen LogP contribution in [0.2, 0.25) is 0 Å². The molecule has 0 aliphatic rings. The molecule has 2 aromatic rings. The monoisotopic (exact) mass is 296 g/mol. The number of halogens is 2. The van der Waals surface area contributed by atoms with Crippen LogP contribution >= 0.6 is 11.3 Å². The first-order valence-corrected chi connectivity index (χ1v) is 7.10. The van der Waals surface area contributed by atoms with Crippen LogP contribution in [0.1, 0.15) is 28.5 Å². The van der Waals surface area contributed by atoms with E-state index in [4.69, 9.17) is 0 Å². The van der Waals surface area contributed by atoms with Crippen molar-refractivity contribution in [3.8, 4) is 0 Å². The highest BCUT2D eigenvalue weighted by molar-refractivity contribution is 7.13. The summed E-state index contributed by atoms with van der Waals surface area (Å²) < 4.78 is 26.2. The van der Waals surface area contributed by atoms with Crippen LogP contribution in [0.3, 0.4) is 0 Å². The van der Waals surface area contributed by atoms with Gasteiger partial charge in [-0.3, -0.25) is 4.79 Å². The molecule has 1 aromatic carbocycles. The smallest absolute Gasteiger partial charge is 0.269 e. The Morgan fingerprint density at radius 1 is 1.30 bits per heavy atom. The zero-order valence-corrected chi connectivity index (χ0v) is 12.0. The third-order valence-electron chi connectivity index (χ3n) is 2.84. The third-order valence-corrected chi connectivity index (χ3v) is 3.97. The van der Waals surface area contributed by atoms with Gasteiger partial charge in [0.1, 0.15) is 4.88 Å². The highest BCUT2D eigenvalue weighted by Gasteiger charge is 2.19. The minimum absolute atomic E-state index is 0.254. The largest absolute Gasteiger partial charge is 0.308 e. The fourth-order valence-electron chi connectivity index (χ4n) is 1.80. The van der Waals surface area contributed by atoms with Gasteiger partial charge in [-0.05, 0) is 25.5 Å². The lowest BCUT2D eigenvalue weighted by molar-refractivity contribution is 0.0992. The van der Waals surface area contributed by atoms with E-state index in [2.05, 4.69) is 4.98 Å². The van der Waals surface area contributed by atoms with Crippen molar-refractivity contribution in [1.29, 1.82) is 0 Å². The maximum atomic E-state index is 13.3. The van der Waals surface area contributed by atoms with E-state index in [0.717, 1.165) is 23.6 Å². The van der Waals surface area contributed by atoms with Crippen molar-refractivity contribution >= 4 is 22.9 Å². The maximum absolute atomic E-state index is 13.3. The first-order chi connectivity index (χ1) is 9.56. The van der Waals surface area contributed by atoms with E-state index >= 15 is 0 Å². The lowest BCUT2D eigenvalue weighted by atomic mass is 10.2. The molecule has 1 heterocycles. The predicted octanol–water partition coefficient (Wildman–Crippen LogP) is 3.65. The molecular formula is C14H14F2N2OS. The molecule has 1 aromatic heterocycles. The quantitative estimate of drug-likeness (QED) is 0.863. The summed E-state index contributed by atoms with van der Waals surface area (Å²) in [5.74, 6) is -2.15. The molecule has 0 saturated heterocycles. The SMILES string of the molecule is CCc1ncc(C(=O)N(CC)c2ccc(F)c(F)c2)s1. The highest BCUT2D eigenvalue weighted by Crippen LogP contribution is 2.22. The Labute approximate surface area is 119 Å². The van der Waals surface area contributed by atoms with Gasteiger partial charge in [0.15, 0.2) is 11.6 Å². The van der Waals surface area contributed by atoms with Gasteiger partial charge in [-0.25, -0.2) is 13.8 Å². The molecule has 1 amide bonds. The van der Waals surface area contributed by atoms with Gasteiger partial charge in [0.2, 0.25) is 0 Å². The summed E-state index contributed by atoms with van der Waals surface area (Å²) in [5.41, 5.74) is 0.336. The van der Waals surface area contributed by atoms with E-state index in [1.807, 2.05) is 6.92 Å². The number of nitrogens with zero attached hydrogens (tertiary/aromatic N) is 2. The number of thiazole rings is 1. The molecule has 0 N–H and O–H groups in total. The van der Waals surface area contributed by atoms with Crippen LogP contribution in [-0.4, -0.2) is 17.4 Å². The van der Waals surface area contributed by atoms with Crippen LogP contribution in [0, 0.1) is 11.6 Å². The first kappa shape index (κ1) is 14.6. The Kier molecular flexibility index (Phi) is 4.44. The Morgan fingerprint density at radius 2 is 2.05 bits per heavy atom. The molecule has 0 spiro atoms. The van der Waals surface area contributed by atoms with Crippen molar-refractivity contribution in [2.45, 2.75) is 20.3 Å². The molecule has 0 bridgehead atoms. The van der Waals surface area contributed by atoms with E-state index in [0.29, 0.717) is 17.1 Å². The van der Waals surface area contributed by atoms with Gasteiger partial charge in [0.25, 0.3) is 5.91 Å². The standard InChI is InChI=1S/C14H14F2N2OS/c1-3-13-17-8-12(20-13)14(19)18(4-2)9-5-6-10(15)11(16)7-9/h5-8H,3-4H2,1-2H3. The Balaban J connectivity index is 2.31. The normalized spacial score (nSPS) is 10.6. The molecule has 106 valence electrons. The van der Waals surface area contributed by atoms with Gasteiger partial charge in [-0.2, -0.15) is 0 Å². The summed E-state index contributed by atoms with van der Waals surface area (Å²) in [6.07, 6.45) is 2.28. The second-order valence-corrected chi connectivity index (χ2v) is 5.23. The number of anilines is 1. The number of benzene rings is 1. The number of amides is 1. The lowest BCUT2D eigenvalue weighted by Gasteiger charge is -2.20. The summed E-state index contributed by atoms with van der Waals surface area (Å²) in [6, 6.07) is 3.44. The summed E-state index contributed by atoms with van der Waals surface area (Å²) in [6.45, 7) is 4.10. The molecule has 3 nitrogen and oxygen atoms in total. The van der Waals surface area contributed by atoms with E-state index in [-0.39, 0.29) is 5.91 Å². The maximum Gasteiger partial charge on any atom is 0.269 e. The molecule has 20 heavy (non-hydrogen) atoms. The third kappa shape index (κ3) is 2.85. The molecular weight excluding hydrogens is 282 g/mol. The van der Waals surface area contributed by atoms with Gasteiger partial charge in [0.05, 0.1) is 11.2 Å². The van der Waals surface area contributed by atoms with E-state index in [1.54, 1.807) is 6.92 Å². The topological polar surface area (TPSA) is 33.2 Å². The van der Waals surface area contributed by atoms with Crippen LogP contribution < -0.4 is 4.90 Å². The van der Waals surface area contributed by atoms with Gasteiger partial charge in [-0.15, -0.1) is 11.3 Å². The van der Waals surface area contributed by atoms with Crippen LogP contribution in [0.5, 0.6) is 0 Å². The zero-order chi connectivity index (χ0) is 14.7. The number of carbonyl (C=O) groups is 1. The van der Waals surface area contributed by atoms with Crippen LogP contribution in [0.15, 0.2) is 24.4 Å². The lowest BCUT2D eigenvalue weighted by Crippen LogP contribution is -2.30. The summed E-state index contributed by atoms with van der Waals surface area (Å²) in [5, 5.41) is 0.870. The number of hydrogen-bond acceptors (Lipinski definition) is 3. The van der Waals surface area contributed by atoms with Gasteiger partial charge in [0, 0.05) is 18.3 Å². The molecule has 0 saturated carbocycles. The Bertz CT molecular complexity index is 627. The molecule has 6 heteroatoms. The Morgan fingerprint density at radius 3 is 2.60 bits per heavy atom. The van der Waals surface area contributed by atoms with Gasteiger partial charge < -0.3 is 4.90 Å². The number of aromatic nitrogens is 1. The van der Waals surface area contributed by atoms with E-state index in [1.165, 1.54) is 28.5 Å². The molecule has 0 fully saturated rings. The molecule has 0 radical (unpaired) electrons.